The topological polar surface area (TPSA) is 78.3 Å². The van der Waals surface area contributed by atoms with Crippen molar-refractivity contribution in [3.05, 3.63) is 144 Å². The Balaban J connectivity index is 1.34. The van der Waals surface area contributed by atoms with Crippen molar-refractivity contribution in [1.82, 2.24) is 19.9 Å². The first-order chi connectivity index (χ1) is 19.7. The number of imidazole rings is 1. The summed E-state index contributed by atoms with van der Waals surface area (Å²) >= 11 is 1.29. The van der Waals surface area contributed by atoms with Crippen LogP contribution in [0.4, 0.5) is 4.79 Å². The number of carbonyl (C=O) groups is 1. The second-order valence-electron chi connectivity index (χ2n) is 9.12. The normalized spacial score (nSPS) is 11.3. The van der Waals surface area contributed by atoms with Crippen LogP contribution in [0.5, 0.6) is 10.9 Å². The standard InChI is InChI=1S/C32H26N4O3S/c1-38-27-17-18-28-29(19-27)40-31(35-28)39-30(37)34-21-26-20-33-22-36(26)32(23-11-5-2-6-12-23,24-13-7-3-8-14-24)25-15-9-4-10-16-25/h2-20,22H,21H2,1H3,(H,34,37). The van der Waals surface area contributed by atoms with Crippen molar-refractivity contribution in [3.63, 3.8) is 0 Å². The quantitative estimate of drug-likeness (QED) is 0.217. The van der Waals surface area contributed by atoms with Crippen LogP contribution in [-0.2, 0) is 12.1 Å². The number of aromatic nitrogens is 3. The molecule has 0 bridgehead atoms. The third-order valence-corrected chi connectivity index (χ3v) is 7.72. The van der Waals surface area contributed by atoms with Crippen molar-refractivity contribution >= 4 is 27.6 Å². The van der Waals surface area contributed by atoms with Gasteiger partial charge in [-0.1, -0.05) is 102 Å². The highest BCUT2D eigenvalue weighted by atomic mass is 32.1. The number of nitrogens with one attached hydrogen (secondary N) is 1. The maximum atomic E-state index is 12.9. The fourth-order valence-corrected chi connectivity index (χ4v) is 5.89. The maximum Gasteiger partial charge on any atom is 0.414 e. The molecule has 0 saturated heterocycles. The van der Waals surface area contributed by atoms with Gasteiger partial charge >= 0.3 is 6.09 Å². The molecule has 0 atom stereocenters. The lowest BCUT2D eigenvalue weighted by atomic mass is 9.76. The fourth-order valence-electron chi connectivity index (χ4n) is 5.04. The molecular weight excluding hydrogens is 520 g/mol. The first-order valence-corrected chi connectivity index (χ1v) is 13.6. The van der Waals surface area contributed by atoms with Gasteiger partial charge in [-0.3, -0.25) is 0 Å². The van der Waals surface area contributed by atoms with Gasteiger partial charge in [0.05, 0.1) is 35.9 Å². The monoisotopic (exact) mass is 546 g/mol. The van der Waals surface area contributed by atoms with E-state index in [-0.39, 0.29) is 11.7 Å². The second-order valence-corrected chi connectivity index (χ2v) is 10.1. The molecule has 0 aliphatic carbocycles. The summed E-state index contributed by atoms with van der Waals surface area (Å²) in [5, 5.41) is 3.15. The Labute approximate surface area is 235 Å². The van der Waals surface area contributed by atoms with Crippen LogP contribution in [0.1, 0.15) is 22.4 Å². The third-order valence-electron chi connectivity index (χ3n) is 6.82. The molecule has 1 N–H and O–H groups in total. The van der Waals surface area contributed by atoms with E-state index < -0.39 is 11.6 Å². The van der Waals surface area contributed by atoms with Crippen molar-refractivity contribution in [2.45, 2.75) is 12.1 Å². The average Bonchev–Trinajstić information content (AvgIpc) is 3.64. The van der Waals surface area contributed by atoms with Crippen LogP contribution in [0.2, 0.25) is 0 Å². The van der Waals surface area contributed by atoms with E-state index in [0.29, 0.717) is 0 Å². The molecule has 7 nitrogen and oxygen atoms in total. The number of fused-ring (bicyclic) bond motifs is 1. The Morgan fingerprint density at radius 1 is 0.875 bits per heavy atom. The smallest absolute Gasteiger partial charge is 0.414 e. The van der Waals surface area contributed by atoms with E-state index in [1.807, 2.05) is 79.1 Å². The van der Waals surface area contributed by atoms with Crippen LogP contribution < -0.4 is 14.8 Å². The molecule has 0 spiro atoms. The highest BCUT2D eigenvalue weighted by Crippen LogP contribution is 2.41. The van der Waals surface area contributed by atoms with Gasteiger partial charge in [0, 0.05) is 6.20 Å². The predicted octanol–water partition coefficient (Wildman–Crippen LogP) is 6.63. The van der Waals surface area contributed by atoms with E-state index in [4.69, 9.17) is 9.47 Å². The van der Waals surface area contributed by atoms with E-state index in [2.05, 4.69) is 56.3 Å². The zero-order chi connectivity index (χ0) is 27.4. The molecule has 0 unspecified atom stereocenters. The van der Waals surface area contributed by atoms with Crippen LogP contribution in [0, 0.1) is 0 Å². The lowest BCUT2D eigenvalue weighted by molar-refractivity contribution is 0.199. The largest absolute Gasteiger partial charge is 0.497 e. The first-order valence-electron chi connectivity index (χ1n) is 12.8. The fraction of sp³-hybridized carbons (Fsp3) is 0.0938. The highest BCUT2D eigenvalue weighted by molar-refractivity contribution is 7.20. The van der Waals surface area contributed by atoms with Crippen LogP contribution in [-0.4, -0.2) is 27.7 Å². The second kappa shape index (κ2) is 11.0. The van der Waals surface area contributed by atoms with Crippen molar-refractivity contribution in [3.8, 4) is 10.9 Å². The van der Waals surface area contributed by atoms with Crippen molar-refractivity contribution in [2.24, 2.45) is 0 Å². The lowest BCUT2D eigenvalue weighted by Crippen LogP contribution is -2.39. The number of ether oxygens (including phenoxy) is 2. The molecule has 0 aliphatic heterocycles. The Kier molecular flexibility index (Phi) is 6.99. The van der Waals surface area contributed by atoms with Crippen LogP contribution >= 0.6 is 11.3 Å². The first kappa shape index (κ1) is 25.3. The minimum atomic E-state index is -0.729. The summed E-state index contributed by atoms with van der Waals surface area (Å²) in [6.45, 7) is 0.200. The Morgan fingerprint density at radius 3 is 2.05 bits per heavy atom. The summed E-state index contributed by atoms with van der Waals surface area (Å²) in [6.07, 6.45) is 2.99. The third kappa shape index (κ3) is 4.69. The van der Waals surface area contributed by atoms with Gasteiger partial charge in [0.1, 0.15) is 11.3 Å². The van der Waals surface area contributed by atoms with Crippen molar-refractivity contribution in [2.75, 3.05) is 7.11 Å². The number of carbonyl (C=O) groups excluding carboxylic acids is 1. The molecule has 8 heteroatoms. The van der Waals surface area contributed by atoms with Gasteiger partial charge in [-0.25, -0.2) is 14.8 Å². The maximum absolute atomic E-state index is 12.9. The zero-order valence-electron chi connectivity index (χ0n) is 21.7. The number of benzene rings is 4. The van der Waals surface area contributed by atoms with Crippen molar-refractivity contribution < 1.29 is 14.3 Å². The number of amides is 1. The average molecular weight is 547 g/mol. The van der Waals surface area contributed by atoms with Crippen LogP contribution in [0.15, 0.2) is 122 Å². The summed E-state index contributed by atoms with van der Waals surface area (Å²) in [6, 6.07) is 36.5. The molecule has 2 aromatic heterocycles. The van der Waals surface area contributed by atoms with Gasteiger partial charge in [0.15, 0.2) is 0 Å². The van der Waals surface area contributed by atoms with Gasteiger partial charge in [0.25, 0.3) is 5.19 Å². The van der Waals surface area contributed by atoms with E-state index in [0.717, 1.165) is 38.4 Å². The molecular formula is C32H26N4O3S. The van der Waals surface area contributed by atoms with Gasteiger partial charge in [0.2, 0.25) is 0 Å². The van der Waals surface area contributed by atoms with E-state index in [9.17, 15) is 4.79 Å². The molecule has 6 rings (SSSR count). The SMILES string of the molecule is COc1ccc2nc(OC(=O)NCc3cncn3C(c3ccccc3)(c3ccccc3)c3ccccc3)sc2c1. The minimum absolute atomic E-state index is 0.200. The lowest BCUT2D eigenvalue weighted by Gasteiger charge is -2.38. The minimum Gasteiger partial charge on any atom is -0.497 e. The van der Waals surface area contributed by atoms with E-state index >= 15 is 0 Å². The summed E-state index contributed by atoms with van der Waals surface area (Å²) in [7, 11) is 1.61. The number of rotatable bonds is 8. The number of thiazole rings is 1. The molecule has 0 fully saturated rings. The van der Waals surface area contributed by atoms with Gasteiger partial charge in [-0.15, -0.1) is 0 Å². The molecule has 0 radical (unpaired) electrons. The molecule has 1 amide bonds. The molecule has 6 aromatic rings. The molecule has 2 heterocycles. The number of hydrogen-bond acceptors (Lipinski definition) is 6. The van der Waals surface area contributed by atoms with E-state index in [1.165, 1.54) is 11.3 Å². The van der Waals surface area contributed by atoms with Gasteiger partial charge < -0.3 is 19.4 Å². The van der Waals surface area contributed by atoms with Gasteiger partial charge in [-0.05, 0) is 34.9 Å². The van der Waals surface area contributed by atoms with E-state index in [1.54, 1.807) is 13.3 Å². The molecule has 198 valence electrons. The number of nitrogens with zero attached hydrogens (tertiary/aromatic N) is 3. The number of hydrogen-bond donors (Lipinski definition) is 1. The predicted molar refractivity (Wildman–Crippen MR) is 156 cm³/mol. The van der Waals surface area contributed by atoms with Crippen LogP contribution in [0.25, 0.3) is 10.2 Å². The Bertz CT molecular complexity index is 1640. The molecule has 4 aromatic carbocycles. The van der Waals surface area contributed by atoms with Crippen molar-refractivity contribution in [1.29, 1.82) is 0 Å². The Morgan fingerprint density at radius 2 is 1.48 bits per heavy atom. The summed E-state index contributed by atoms with van der Waals surface area (Å²) in [5.74, 6) is 0.721. The summed E-state index contributed by atoms with van der Waals surface area (Å²) < 4.78 is 13.8. The molecule has 40 heavy (non-hydrogen) atoms. The summed E-state index contributed by atoms with van der Waals surface area (Å²) in [4.78, 5) is 21.8. The van der Waals surface area contributed by atoms with Gasteiger partial charge in [-0.2, -0.15) is 0 Å². The summed E-state index contributed by atoms with van der Waals surface area (Å²) in [5.41, 5.74) is 4.03. The Hall–Kier alpha value is -4.95. The number of methoxy groups -OCH3 is 1. The zero-order valence-corrected chi connectivity index (χ0v) is 22.5. The molecule has 0 aliphatic rings. The highest BCUT2D eigenvalue weighted by Gasteiger charge is 2.39. The van der Waals surface area contributed by atoms with Crippen LogP contribution in [0.3, 0.4) is 0 Å². The molecule has 0 saturated carbocycles.